The van der Waals surface area contributed by atoms with Crippen molar-refractivity contribution < 1.29 is 28.2 Å². The molecule has 1 aliphatic heterocycles. The van der Waals surface area contributed by atoms with Crippen LogP contribution < -0.4 is 0 Å². The molecule has 0 saturated carbocycles. The zero-order valence-electron chi connectivity index (χ0n) is 18.3. The predicted octanol–water partition coefficient (Wildman–Crippen LogP) is 4.09. The number of nitrogens with one attached hydrogen (secondary N) is 1. The van der Waals surface area contributed by atoms with Crippen LogP contribution in [0.15, 0.2) is 48.7 Å². The van der Waals surface area contributed by atoms with Gasteiger partial charge >= 0.3 is 11.9 Å². The minimum Gasteiger partial charge on any atom is -0.462 e. The van der Waals surface area contributed by atoms with Gasteiger partial charge in [-0.05, 0) is 62.2 Å². The van der Waals surface area contributed by atoms with E-state index in [9.17, 15) is 18.8 Å². The summed E-state index contributed by atoms with van der Waals surface area (Å²) in [6.07, 6.45) is 1.93. The Morgan fingerprint density at radius 1 is 0.970 bits per heavy atom. The SMILES string of the molecule is CCOC(=O)C1=CN(C(=O)c2ccc(F)cc2)CCc2c1[nH]c1cc(C(=O)OCC)ccc21. The monoisotopic (exact) mass is 450 g/mol. The highest BCUT2D eigenvalue weighted by Crippen LogP contribution is 2.32. The zero-order valence-corrected chi connectivity index (χ0v) is 18.3. The fourth-order valence-electron chi connectivity index (χ4n) is 3.89. The van der Waals surface area contributed by atoms with Gasteiger partial charge in [-0.25, -0.2) is 14.0 Å². The highest BCUT2D eigenvalue weighted by molar-refractivity contribution is 6.18. The zero-order chi connectivity index (χ0) is 23.5. The molecule has 7 nitrogen and oxygen atoms in total. The quantitative estimate of drug-likeness (QED) is 0.592. The topological polar surface area (TPSA) is 88.7 Å². The van der Waals surface area contributed by atoms with Gasteiger partial charge in [0.1, 0.15) is 5.82 Å². The molecule has 1 aromatic heterocycles. The van der Waals surface area contributed by atoms with Crippen LogP contribution >= 0.6 is 0 Å². The van der Waals surface area contributed by atoms with Gasteiger partial charge in [0.2, 0.25) is 0 Å². The molecule has 0 aliphatic carbocycles. The Morgan fingerprint density at radius 2 is 1.64 bits per heavy atom. The summed E-state index contributed by atoms with van der Waals surface area (Å²) in [6, 6.07) is 10.4. The maximum atomic E-state index is 13.3. The third-order valence-electron chi connectivity index (χ3n) is 5.42. The van der Waals surface area contributed by atoms with Crippen LogP contribution in [-0.4, -0.2) is 47.5 Å². The maximum absolute atomic E-state index is 13.3. The molecule has 2 aromatic carbocycles. The summed E-state index contributed by atoms with van der Waals surface area (Å²) < 4.78 is 23.6. The molecular weight excluding hydrogens is 427 g/mol. The number of aromatic amines is 1. The average molecular weight is 450 g/mol. The number of esters is 2. The molecule has 0 atom stereocenters. The van der Waals surface area contributed by atoms with Crippen LogP contribution in [-0.2, 0) is 20.7 Å². The first kappa shape index (κ1) is 22.3. The molecular formula is C25H23FN2O5. The molecule has 0 saturated heterocycles. The number of fused-ring (bicyclic) bond motifs is 3. The van der Waals surface area contributed by atoms with Gasteiger partial charge in [0, 0.05) is 29.2 Å². The van der Waals surface area contributed by atoms with Gasteiger partial charge in [-0.1, -0.05) is 6.07 Å². The number of nitrogens with zero attached hydrogens (tertiary/aromatic N) is 1. The minimum atomic E-state index is -0.574. The molecule has 1 N–H and O–H groups in total. The van der Waals surface area contributed by atoms with E-state index in [-0.39, 0.29) is 24.7 Å². The van der Waals surface area contributed by atoms with E-state index in [1.807, 2.05) is 0 Å². The Labute approximate surface area is 189 Å². The van der Waals surface area contributed by atoms with Gasteiger partial charge in [-0.15, -0.1) is 0 Å². The molecule has 8 heteroatoms. The number of H-pyrrole nitrogens is 1. The van der Waals surface area contributed by atoms with Gasteiger partial charge in [0.05, 0.1) is 30.0 Å². The van der Waals surface area contributed by atoms with Crippen molar-refractivity contribution in [2.75, 3.05) is 19.8 Å². The van der Waals surface area contributed by atoms with Crippen LogP contribution in [0.2, 0.25) is 0 Å². The van der Waals surface area contributed by atoms with Gasteiger partial charge in [0.25, 0.3) is 5.91 Å². The molecule has 1 aliphatic rings. The van der Waals surface area contributed by atoms with E-state index in [0.29, 0.717) is 35.3 Å². The summed E-state index contributed by atoms with van der Waals surface area (Å²) in [5.41, 5.74) is 2.97. The second-order valence-corrected chi connectivity index (χ2v) is 7.48. The maximum Gasteiger partial charge on any atom is 0.341 e. The van der Waals surface area contributed by atoms with Gasteiger partial charge in [-0.2, -0.15) is 0 Å². The molecule has 2 heterocycles. The van der Waals surface area contributed by atoms with E-state index in [2.05, 4.69) is 4.98 Å². The fourth-order valence-corrected chi connectivity index (χ4v) is 3.89. The lowest BCUT2D eigenvalue weighted by molar-refractivity contribution is -0.136. The van der Waals surface area contributed by atoms with E-state index < -0.39 is 17.8 Å². The fraction of sp³-hybridized carbons (Fsp3) is 0.240. The summed E-state index contributed by atoms with van der Waals surface area (Å²) in [7, 11) is 0. The van der Waals surface area contributed by atoms with E-state index in [0.717, 1.165) is 10.9 Å². The van der Waals surface area contributed by atoms with Crippen molar-refractivity contribution in [1.82, 2.24) is 9.88 Å². The standard InChI is InChI=1S/C25H23FN2O5/c1-3-32-24(30)16-7-10-18-19-11-12-28(23(29)15-5-8-17(26)9-6-15)14-20(25(31)33-4-2)22(19)27-21(18)13-16/h5-10,13-14,27H,3-4,11-12H2,1-2H3. The van der Waals surface area contributed by atoms with Crippen molar-refractivity contribution in [3.8, 4) is 0 Å². The third kappa shape index (κ3) is 4.37. The molecule has 0 spiro atoms. The average Bonchev–Trinajstić information content (AvgIpc) is 3.06. The Balaban J connectivity index is 1.77. The lowest BCUT2D eigenvalue weighted by atomic mass is 10.0. The first-order valence-corrected chi connectivity index (χ1v) is 10.7. The van der Waals surface area contributed by atoms with E-state index in [4.69, 9.17) is 9.47 Å². The molecule has 3 aromatic rings. The first-order chi connectivity index (χ1) is 15.9. The van der Waals surface area contributed by atoms with Crippen molar-refractivity contribution in [1.29, 1.82) is 0 Å². The minimum absolute atomic E-state index is 0.171. The Kier molecular flexibility index (Phi) is 6.26. The predicted molar refractivity (Wildman–Crippen MR) is 120 cm³/mol. The first-order valence-electron chi connectivity index (χ1n) is 10.7. The van der Waals surface area contributed by atoms with Crippen molar-refractivity contribution in [2.45, 2.75) is 20.3 Å². The van der Waals surface area contributed by atoms with Crippen molar-refractivity contribution in [3.05, 3.63) is 76.9 Å². The summed E-state index contributed by atoms with van der Waals surface area (Å²) in [4.78, 5) is 42.7. The lowest BCUT2D eigenvalue weighted by Crippen LogP contribution is -2.28. The van der Waals surface area contributed by atoms with E-state index >= 15 is 0 Å². The van der Waals surface area contributed by atoms with Gasteiger partial charge in [0.15, 0.2) is 0 Å². The van der Waals surface area contributed by atoms with E-state index in [1.54, 1.807) is 32.0 Å². The lowest BCUT2D eigenvalue weighted by Gasteiger charge is -2.18. The second kappa shape index (κ2) is 9.28. The number of carbonyl (C=O) groups is 3. The number of hydrogen-bond donors (Lipinski definition) is 1. The molecule has 1 amide bonds. The van der Waals surface area contributed by atoms with Crippen LogP contribution in [0, 0.1) is 5.82 Å². The Morgan fingerprint density at radius 3 is 2.33 bits per heavy atom. The summed E-state index contributed by atoms with van der Waals surface area (Å²) in [5, 5.41) is 0.837. The number of rotatable bonds is 5. The second-order valence-electron chi connectivity index (χ2n) is 7.48. The molecule has 0 radical (unpaired) electrons. The number of carbonyl (C=O) groups excluding carboxylic acids is 3. The molecule has 0 fully saturated rings. The third-order valence-corrected chi connectivity index (χ3v) is 5.42. The molecule has 0 bridgehead atoms. The van der Waals surface area contributed by atoms with Gasteiger partial charge in [-0.3, -0.25) is 4.79 Å². The van der Waals surface area contributed by atoms with Crippen LogP contribution in [0.3, 0.4) is 0 Å². The molecule has 4 rings (SSSR count). The molecule has 170 valence electrons. The number of benzene rings is 2. The number of halogens is 1. The number of aromatic nitrogens is 1. The summed E-state index contributed by atoms with van der Waals surface area (Å²) >= 11 is 0. The van der Waals surface area contributed by atoms with Crippen LogP contribution in [0.25, 0.3) is 16.5 Å². The number of hydrogen-bond acceptors (Lipinski definition) is 5. The normalized spacial score (nSPS) is 13.2. The number of amides is 1. The highest BCUT2D eigenvalue weighted by Gasteiger charge is 2.28. The van der Waals surface area contributed by atoms with Crippen LogP contribution in [0.4, 0.5) is 4.39 Å². The Hall–Kier alpha value is -3.94. The van der Waals surface area contributed by atoms with Crippen LogP contribution in [0.5, 0.6) is 0 Å². The summed E-state index contributed by atoms with van der Waals surface area (Å²) in [6.45, 7) is 4.19. The largest absolute Gasteiger partial charge is 0.462 e. The highest BCUT2D eigenvalue weighted by atomic mass is 19.1. The smallest absolute Gasteiger partial charge is 0.341 e. The number of ether oxygens (including phenoxy) is 2. The Bertz CT molecular complexity index is 1260. The van der Waals surface area contributed by atoms with Crippen LogP contribution in [0.1, 0.15) is 45.8 Å². The van der Waals surface area contributed by atoms with Crippen molar-refractivity contribution >= 4 is 34.3 Å². The van der Waals surface area contributed by atoms with Crippen molar-refractivity contribution in [3.63, 3.8) is 0 Å². The molecule has 0 unspecified atom stereocenters. The summed E-state index contributed by atoms with van der Waals surface area (Å²) in [5.74, 6) is -1.79. The van der Waals surface area contributed by atoms with E-state index in [1.165, 1.54) is 35.4 Å². The molecule has 33 heavy (non-hydrogen) atoms. The van der Waals surface area contributed by atoms with Crippen molar-refractivity contribution in [2.24, 2.45) is 0 Å². The van der Waals surface area contributed by atoms with Gasteiger partial charge < -0.3 is 19.4 Å².